The van der Waals surface area contributed by atoms with E-state index in [0.29, 0.717) is 27.2 Å². The normalized spacial score (nSPS) is 10.4. The number of aromatic nitrogens is 1. The Morgan fingerprint density at radius 3 is 2.11 bits per heavy atom. The van der Waals surface area contributed by atoms with Gasteiger partial charge in [-0.25, -0.2) is 9.78 Å². The number of methoxy groups -OCH3 is 2. The molecular weight excluding hydrogens is 403 g/mol. The number of halogens is 2. The minimum atomic E-state index is -1.11. The SMILES string of the molecule is COc1cc(OC)cc(-c2cc(Cl)c(Nc3ncccc3C(=O)O)c(Cl)c2)c1. The van der Waals surface area contributed by atoms with E-state index in [1.807, 2.05) is 12.1 Å². The molecule has 0 fully saturated rings. The smallest absolute Gasteiger partial charge is 0.339 e. The number of carboxylic acids is 1. The average molecular weight is 419 g/mol. The Morgan fingerprint density at radius 1 is 1.00 bits per heavy atom. The maximum Gasteiger partial charge on any atom is 0.339 e. The summed E-state index contributed by atoms with van der Waals surface area (Å²) in [7, 11) is 3.14. The fraction of sp³-hybridized carbons (Fsp3) is 0.100. The zero-order chi connectivity index (χ0) is 20.3. The van der Waals surface area contributed by atoms with Crippen molar-refractivity contribution in [2.75, 3.05) is 19.5 Å². The van der Waals surface area contributed by atoms with Crippen LogP contribution < -0.4 is 14.8 Å². The van der Waals surface area contributed by atoms with Gasteiger partial charge in [-0.2, -0.15) is 0 Å². The molecule has 0 amide bonds. The zero-order valence-electron chi connectivity index (χ0n) is 15.0. The first-order valence-electron chi connectivity index (χ1n) is 8.10. The van der Waals surface area contributed by atoms with Crippen molar-refractivity contribution < 1.29 is 19.4 Å². The van der Waals surface area contributed by atoms with E-state index in [2.05, 4.69) is 10.3 Å². The van der Waals surface area contributed by atoms with Crippen LogP contribution in [-0.4, -0.2) is 30.3 Å². The summed E-state index contributed by atoms with van der Waals surface area (Å²) in [6.07, 6.45) is 1.48. The lowest BCUT2D eigenvalue weighted by molar-refractivity contribution is 0.0697. The predicted octanol–water partition coefficient (Wildman–Crippen LogP) is 5.51. The number of nitrogens with zero attached hydrogens (tertiary/aromatic N) is 1. The molecule has 0 unspecified atom stereocenters. The fourth-order valence-electron chi connectivity index (χ4n) is 2.63. The number of benzene rings is 2. The Bertz CT molecular complexity index is 995. The molecule has 28 heavy (non-hydrogen) atoms. The molecule has 0 aliphatic rings. The molecular formula is C20H16Cl2N2O4. The van der Waals surface area contributed by atoms with Crippen LogP contribution in [0.1, 0.15) is 10.4 Å². The van der Waals surface area contributed by atoms with Crippen molar-refractivity contribution in [3.8, 4) is 22.6 Å². The molecule has 1 heterocycles. The van der Waals surface area contributed by atoms with Crippen LogP contribution in [0, 0.1) is 0 Å². The quantitative estimate of drug-likeness (QED) is 0.548. The third kappa shape index (κ3) is 4.13. The summed E-state index contributed by atoms with van der Waals surface area (Å²) < 4.78 is 10.6. The Balaban J connectivity index is 2.02. The minimum Gasteiger partial charge on any atom is -0.497 e. The van der Waals surface area contributed by atoms with Crippen molar-refractivity contribution in [3.63, 3.8) is 0 Å². The molecule has 8 heteroatoms. The number of pyridine rings is 1. The number of carbonyl (C=O) groups is 1. The van der Waals surface area contributed by atoms with Gasteiger partial charge in [-0.1, -0.05) is 23.2 Å². The van der Waals surface area contributed by atoms with Crippen LogP contribution in [-0.2, 0) is 0 Å². The van der Waals surface area contributed by atoms with Crippen LogP contribution in [0.25, 0.3) is 11.1 Å². The molecule has 0 aliphatic heterocycles. The number of carboxylic acid groups (broad SMARTS) is 1. The van der Waals surface area contributed by atoms with E-state index >= 15 is 0 Å². The zero-order valence-corrected chi connectivity index (χ0v) is 16.5. The summed E-state index contributed by atoms with van der Waals surface area (Å²) >= 11 is 12.9. The largest absolute Gasteiger partial charge is 0.497 e. The molecule has 0 aliphatic carbocycles. The lowest BCUT2D eigenvalue weighted by Crippen LogP contribution is -2.05. The van der Waals surface area contributed by atoms with Gasteiger partial charge in [0.2, 0.25) is 0 Å². The molecule has 1 aromatic heterocycles. The number of rotatable bonds is 6. The molecule has 2 N–H and O–H groups in total. The van der Waals surface area contributed by atoms with E-state index in [9.17, 15) is 9.90 Å². The summed E-state index contributed by atoms with van der Waals surface area (Å²) in [5, 5.41) is 12.8. The molecule has 144 valence electrons. The number of ether oxygens (including phenoxy) is 2. The van der Waals surface area contributed by atoms with Crippen molar-refractivity contribution in [2.45, 2.75) is 0 Å². The molecule has 0 bridgehead atoms. The van der Waals surface area contributed by atoms with Crippen LogP contribution in [0.2, 0.25) is 10.0 Å². The van der Waals surface area contributed by atoms with Gasteiger partial charge in [-0.3, -0.25) is 0 Å². The molecule has 0 radical (unpaired) electrons. The van der Waals surface area contributed by atoms with Gasteiger partial charge in [0.15, 0.2) is 0 Å². The highest BCUT2D eigenvalue weighted by molar-refractivity contribution is 6.39. The summed E-state index contributed by atoms with van der Waals surface area (Å²) in [6, 6.07) is 11.8. The van der Waals surface area contributed by atoms with Gasteiger partial charge < -0.3 is 19.9 Å². The van der Waals surface area contributed by atoms with Gasteiger partial charge in [-0.05, 0) is 47.5 Å². The minimum absolute atomic E-state index is 0.0104. The second-order valence-electron chi connectivity index (χ2n) is 5.75. The second-order valence-corrected chi connectivity index (χ2v) is 6.56. The monoisotopic (exact) mass is 418 g/mol. The maximum atomic E-state index is 11.4. The van der Waals surface area contributed by atoms with Crippen LogP contribution in [0.4, 0.5) is 11.5 Å². The predicted molar refractivity (Wildman–Crippen MR) is 109 cm³/mol. The number of anilines is 2. The van der Waals surface area contributed by atoms with Gasteiger partial charge in [0.1, 0.15) is 22.9 Å². The number of hydrogen-bond acceptors (Lipinski definition) is 5. The van der Waals surface area contributed by atoms with Crippen LogP contribution in [0.3, 0.4) is 0 Å². The highest BCUT2D eigenvalue weighted by atomic mass is 35.5. The summed E-state index contributed by atoms with van der Waals surface area (Å²) in [5.41, 5.74) is 1.92. The Morgan fingerprint density at radius 2 is 1.57 bits per heavy atom. The van der Waals surface area contributed by atoms with Crippen molar-refractivity contribution >= 4 is 40.7 Å². The van der Waals surface area contributed by atoms with Crippen LogP contribution in [0.5, 0.6) is 11.5 Å². The highest BCUT2D eigenvalue weighted by Gasteiger charge is 2.16. The van der Waals surface area contributed by atoms with Gasteiger partial charge in [0.25, 0.3) is 0 Å². The Hall–Kier alpha value is -2.96. The van der Waals surface area contributed by atoms with E-state index in [1.165, 1.54) is 18.3 Å². The van der Waals surface area contributed by atoms with E-state index in [4.69, 9.17) is 32.7 Å². The Labute approximate surface area is 171 Å². The van der Waals surface area contributed by atoms with E-state index in [1.54, 1.807) is 32.4 Å². The number of aromatic carboxylic acids is 1. The van der Waals surface area contributed by atoms with Crippen LogP contribution >= 0.6 is 23.2 Å². The molecule has 2 aromatic carbocycles. The van der Waals surface area contributed by atoms with Crippen LogP contribution in [0.15, 0.2) is 48.7 Å². The Kier molecular flexibility index (Phi) is 5.92. The van der Waals surface area contributed by atoms with Gasteiger partial charge in [0.05, 0.1) is 30.0 Å². The standard InChI is InChI=1S/C20H16Cl2N2O4/c1-27-13-6-11(7-14(10-13)28-2)12-8-16(21)18(17(22)9-12)24-19-15(20(25)26)4-3-5-23-19/h3-10H,1-2H3,(H,23,24)(H,25,26). The molecule has 0 spiro atoms. The molecule has 0 atom stereocenters. The van der Waals surface area contributed by atoms with E-state index < -0.39 is 5.97 Å². The third-order valence-corrected chi connectivity index (χ3v) is 4.60. The van der Waals surface area contributed by atoms with Gasteiger partial charge in [-0.15, -0.1) is 0 Å². The maximum absolute atomic E-state index is 11.4. The molecule has 6 nitrogen and oxygen atoms in total. The van der Waals surface area contributed by atoms with Crippen molar-refractivity contribution in [1.82, 2.24) is 4.98 Å². The first kappa shape index (κ1) is 19.8. The molecule has 0 saturated heterocycles. The van der Waals surface area contributed by atoms with Gasteiger partial charge in [0, 0.05) is 12.3 Å². The highest BCUT2D eigenvalue weighted by Crippen LogP contribution is 2.39. The third-order valence-electron chi connectivity index (χ3n) is 4.01. The van der Waals surface area contributed by atoms with E-state index in [0.717, 1.165) is 11.1 Å². The summed E-state index contributed by atoms with van der Waals surface area (Å²) in [6.45, 7) is 0. The van der Waals surface area contributed by atoms with Crippen molar-refractivity contribution in [3.05, 3.63) is 64.3 Å². The summed E-state index contributed by atoms with van der Waals surface area (Å²) in [4.78, 5) is 15.4. The van der Waals surface area contributed by atoms with E-state index in [-0.39, 0.29) is 11.4 Å². The fourth-order valence-corrected chi connectivity index (χ4v) is 3.21. The first-order valence-corrected chi connectivity index (χ1v) is 8.86. The summed E-state index contributed by atoms with van der Waals surface area (Å²) in [5.74, 6) is 0.296. The van der Waals surface area contributed by atoms with Crippen molar-refractivity contribution in [1.29, 1.82) is 0 Å². The van der Waals surface area contributed by atoms with Gasteiger partial charge >= 0.3 is 5.97 Å². The lowest BCUT2D eigenvalue weighted by atomic mass is 10.0. The number of nitrogens with one attached hydrogen (secondary N) is 1. The molecule has 3 aromatic rings. The lowest BCUT2D eigenvalue weighted by Gasteiger charge is -2.14. The molecule has 0 saturated carbocycles. The first-order chi connectivity index (χ1) is 13.4. The van der Waals surface area contributed by atoms with Crippen molar-refractivity contribution in [2.24, 2.45) is 0 Å². The number of hydrogen-bond donors (Lipinski definition) is 2. The average Bonchev–Trinajstić information content (AvgIpc) is 2.70. The molecule has 3 rings (SSSR count). The second kappa shape index (κ2) is 8.37. The topological polar surface area (TPSA) is 80.7 Å².